The topological polar surface area (TPSA) is 108 Å². The van der Waals surface area contributed by atoms with Gasteiger partial charge in [0.15, 0.2) is 0 Å². The molecule has 1 aromatic rings. The van der Waals surface area contributed by atoms with Gasteiger partial charge < -0.3 is 24.6 Å². The summed E-state index contributed by atoms with van der Waals surface area (Å²) in [6.07, 6.45) is 2.98. The summed E-state index contributed by atoms with van der Waals surface area (Å²) in [5, 5.41) is 2.85. The van der Waals surface area contributed by atoms with E-state index < -0.39 is 11.6 Å². The first-order valence-corrected chi connectivity index (χ1v) is 11.7. The van der Waals surface area contributed by atoms with Gasteiger partial charge in [0.2, 0.25) is 5.91 Å². The maximum absolute atomic E-state index is 13.0. The first kappa shape index (κ1) is 23.8. The van der Waals surface area contributed by atoms with Gasteiger partial charge in [-0.3, -0.25) is 19.3 Å². The third kappa shape index (κ3) is 4.41. The second-order valence-corrected chi connectivity index (χ2v) is 9.33. The normalized spacial score (nSPS) is 24.9. The Morgan fingerprint density at radius 2 is 1.68 bits per heavy atom. The van der Waals surface area contributed by atoms with Crippen molar-refractivity contribution >= 4 is 23.8 Å². The molecule has 1 spiro atoms. The summed E-state index contributed by atoms with van der Waals surface area (Å²) >= 11 is 0. The molecule has 4 rings (SSSR count). The van der Waals surface area contributed by atoms with Crippen LogP contribution in [0.5, 0.6) is 11.5 Å². The lowest BCUT2D eigenvalue weighted by molar-refractivity contribution is -0.140. The van der Waals surface area contributed by atoms with Crippen molar-refractivity contribution in [2.75, 3.05) is 46.9 Å². The van der Waals surface area contributed by atoms with Crippen molar-refractivity contribution in [3.05, 3.63) is 23.8 Å². The van der Waals surface area contributed by atoms with Crippen molar-refractivity contribution in [3.8, 4) is 11.5 Å². The highest BCUT2D eigenvalue weighted by Crippen LogP contribution is 2.36. The summed E-state index contributed by atoms with van der Waals surface area (Å²) in [6, 6.07) is 4.53. The van der Waals surface area contributed by atoms with Gasteiger partial charge in [-0.05, 0) is 43.7 Å². The highest BCUT2D eigenvalue weighted by atomic mass is 16.5. The van der Waals surface area contributed by atoms with E-state index >= 15 is 0 Å². The Bertz CT molecular complexity index is 980. The molecule has 1 N–H and O–H groups in total. The van der Waals surface area contributed by atoms with E-state index in [9.17, 15) is 19.2 Å². The fourth-order valence-corrected chi connectivity index (χ4v) is 4.95. The predicted molar refractivity (Wildman–Crippen MR) is 123 cm³/mol. The zero-order valence-electron chi connectivity index (χ0n) is 20.0. The molecule has 34 heavy (non-hydrogen) atoms. The molecule has 0 unspecified atom stereocenters. The zero-order chi connectivity index (χ0) is 24.5. The molecule has 3 fully saturated rings. The Hall–Kier alpha value is -3.30. The van der Waals surface area contributed by atoms with E-state index in [2.05, 4.69) is 12.2 Å². The van der Waals surface area contributed by atoms with E-state index in [-0.39, 0.29) is 24.3 Å². The summed E-state index contributed by atoms with van der Waals surface area (Å²) in [7, 11) is 3.04. The van der Waals surface area contributed by atoms with E-state index in [0.29, 0.717) is 62.0 Å². The van der Waals surface area contributed by atoms with Crippen LogP contribution in [0.3, 0.4) is 0 Å². The van der Waals surface area contributed by atoms with E-state index in [4.69, 9.17) is 9.47 Å². The number of nitrogens with one attached hydrogen (secondary N) is 1. The molecule has 5 amide bonds. The Balaban J connectivity index is 1.34. The highest BCUT2D eigenvalue weighted by Gasteiger charge is 2.52. The number of hydrogen-bond donors (Lipinski definition) is 1. The molecule has 1 aromatic carbocycles. The average Bonchev–Trinajstić information content (AvgIpc) is 3.09. The molecular weight excluding hydrogens is 440 g/mol. The van der Waals surface area contributed by atoms with Gasteiger partial charge in [-0.2, -0.15) is 0 Å². The lowest BCUT2D eigenvalue weighted by Crippen LogP contribution is -2.53. The van der Waals surface area contributed by atoms with Crippen LogP contribution in [0.1, 0.15) is 43.0 Å². The van der Waals surface area contributed by atoms with Crippen LogP contribution in [0.4, 0.5) is 4.79 Å². The largest absolute Gasteiger partial charge is 0.497 e. The van der Waals surface area contributed by atoms with Gasteiger partial charge in [-0.1, -0.05) is 6.92 Å². The molecule has 0 bridgehead atoms. The first-order valence-electron chi connectivity index (χ1n) is 11.7. The van der Waals surface area contributed by atoms with E-state index in [0.717, 1.165) is 17.7 Å². The fourth-order valence-electron chi connectivity index (χ4n) is 4.95. The van der Waals surface area contributed by atoms with E-state index in [1.54, 1.807) is 35.1 Å². The predicted octanol–water partition coefficient (Wildman–Crippen LogP) is 1.49. The number of methoxy groups -OCH3 is 2. The third-order valence-corrected chi connectivity index (χ3v) is 7.23. The fraction of sp³-hybridized carbons (Fsp3) is 0.583. The summed E-state index contributed by atoms with van der Waals surface area (Å²) < 4.78 is 10.5. The molecule has 3 aliphatic rings. The number of carbonyl (C=O) groups excluding carboxylic acids is 4. The number of amides is 5. The van der Waals surface area contributed by atoms with Crippen molar-refractivity contribution in [1.29, 1.82) is 0 Å². The Morgan fingerprint density at radius 3 is 2.29 bits per heavy atom. The second-order valence-electron chi connectivity index (χ2n) is 9.33. The minimum Gasteiger partial charge on any atom is -0.497 e. The summed E-state index contributed by atoms with van der Waals surface area (Å²) in [5.41, 5.74) is -0.429. The minimum atomic E-state index is -0.855. The van der Waals surface area contributed by atoms with Gasteiger partial charge in [-0.15, -0.1) is 0 Å². The smallest absolute Gasteiger partial charge is 0.325 e. The summed E-state index contributed by atoms with van der Waals surface area (Å²) in [6.45, 7) is 3.22. The van der Waals surface area contributed by atoms with Gasteiger partial charge in [0, 0.05) is 32.2 Å². The van der Waals surface area contributed by atoms with Crippen molar-refractivity contribution in [3.63, 3.8) is 0 Å². The second kappa shape index (κ2) is 9.52. The Kier molecular flexibility index (Phi) is 6.67. The van der Waals surface area contributed by atoms with Gasteiger partial charge in [0.25, 0.3) is 11.8 Å². The Labute approximate surface area is 199 Å². The third-order valence-electron chi connectivity index (χ3n) is 7.23. The van der Waals surface area contributed by atoms with Crippen molar-refractivity contribution in [2.24, 2.45) is 5.92 Å². The lowest BCUT2D eigenvalue weighted by Gasteiger charge is -2.36. The van der Waals surface area contributed by atoms with Crippen molar-refractivity contribution < 1.29 is 28.7 Å². The molecule has 2 saturated heterocycles. The SMILES string of the molecule is COc1ccc(C(=O)N2CCN(C(=O)CN3C(=O)NC4(CCC(C)CC4)C3=O)CC2)c(OC)c1. The number of benzene rings is 1. The highest BCUT2D eigenvalue weighted by molar-refractivity contribution is 6.09. The summed E-state index contributed by atoms with van der Waals surface area (Å²) in [4.78, 5) is 55.8. The molecule has 0 atom stereocenters. The monoisotopic (exact) mass is 472 g/mol. The molecule has 0 radical (unpaired) electrons. The molecule has 2 heterocycles. The van der Waals surface area contributed by atoms with Crippen LogP contribution < -0.4 is 14.8 Å². The maximum atomic E-state index is 13.0. The van der Waals surface area contributed by atoms with Crippen LogP contribution in [0, 0.1) is 5.92 Å². The summed E-state index contributed by atoms with van der Waals surface area (Å²) in [5.74, 6) is 0.773. The molecular formula is C24H32N4O6. The number of rotatable bonds is 5. The number of hydrogen-bond acceptors (Lipinski definition) is 6. The van der Waals surface area contributed by atoms with Crippen LogP contribution in [0.15, 0.2) is 18.2 Å². The van der Waals surface area contributed by atoms with Gasteiger partial charge in [-0.25, -0.2) is 4.79 Å². The maximum Gasteiger partial charge on any atom is 0.325 e. The molecule has 1 saturated carbocycles. The molecule has 184 valence electrons. The number of imide groups is 1. The number of ether oxygens (including phenoxy) is 2. The zero-order valence-corrected chi connectivity index (χ0v) is 20.0. The van der Waals surface area contributed by atoms with Gasteiger partial charge in [0.1, 0.15) is 23.6 Å². The quantitative estimate of drug-likeness (QED) is 0.651. The van der Waals surface area contributed by atoms with Gasteiger partial charge in [0.05, 0.1) is 19.8 Å². The van der Waals surface area contributed by atoms with Crippen LogP contribution in [-0.2, 0) is 9.59 Å². The average molecular weight is 473 g/mol. The first-order chi connectivity index (χ1) is 16.3. The molecule has 0 aromatic heterocycles. The van der Waals surface area contributed by atoms with Crippen LogP contribution in [0.25, 0.3) is 0 Å². The molecule has 10 nitrogen and oxygen atoms in total. The molecule has 10 heteroatoms. The van der Waals surface area contributed by atoms with Crippen LogP contribution in [-0.4, -0.2) is 90.9 Å². The van der Waals surface area contributed by atoms with Crippen LogP contribution >= 0.6 is 0 Å². The molecule has 2 aliphatic heterocycles. The standard InChI is InChI=1S/C24H32N4O6/c1-16-6-8-24(9-7-16)22(31)28(23(32)25-24)15-20(29)26-10-12-27(13-11-26)21(30)18-5-4-17(33-2)14-19(18)34-3/h4-5,14,16H,6-13,15H2,1-3H3,(H,25,32). The number of urea groups is 1. The van der Waals surface area contributed by atoms with Crippen LogP contribution in [0.2, 0.25) is 0 Å². The Morgan fingerprint density at radius 1 is 1.03 bits per heavy atom. The van der Waals surface area contributed by atoms with E-state index in [1.807, 2.05) is 0 Å². The minimum absolute atomic E-state index is 0.186. The van der Waals surface area contributed by atoms with E-state index in [1.165, 1.54) is 7.11 Å². The van der Waals surface area contributed by atoms with Crippen molar-refractivity contribution in [1.82, 2.24) is 20.0 Å². The number of carbonyl (C=O) groups is 4. The lowest BCUT2D eigenvalue weighted by atomic mass is 9.77. The van der Waals surface area contributed by atoms with Crippen molar-refractivity contribution in [2.45, 2.75) is 38.1 Å². The van der Waals surface area contributed by atoms with Gasteiger partial charge >= 0.3 is 6.03 Å². The number of nitrogens with zero attached hydrogens (tertiary/aromatic N) is 3. The molecule has 1 aliphatic carbocycles. The number of piperazine rings is 1.